The van der Waals surface area contributed by atoms with Crippen molar-refractivity contribution in [3.63, 3.8) is 0 Å². The van der Waals surface area contributed by atoms with Gasteiger partial charge < -0.3 is 5.32 Å². The van der Waals surface area contributed by atoms with Crippen molar-refractivity contribution in [3.8, 4) is 0 Å². The number of carbonyl (C=O) groups excluding carboxylic acids is 1. The molecule has 1 fully saturated rings. The molecule has 0 spiro atoms. The van der Waals surface area contributed by atoms with Gasteiger partial charge in [-0.1, -0.05) is 11.6 Å². The number of nitrogens with zero attached hydrogens (tertiary/aromatic N) is 4. The van der Waals surface area contributed by atoms with E-state index < -0.39 is 0 Å². The molecule has 0 aliphatic heterocycles. The van der Waals surface area contributed by atoms with Crippen LogP contribution in [0, 0.1) is 12.8 Å². The van der Waals surface area contributed by atoms with Gasteiger partial charge in [-0.15, -0.1) is 0 Å². The lowest BCUT2D eigenvalue weighted by Gasteiger charge is -2.05. The van der Waals surface area contributed by atoms with Crippen molar-refractivity contribution in [1.82, 2.24) is 19.6 Å². The Labute approximate surface area is 140 Å². The predicted molar refractivity (Wildman–Crippen MR) is 92.7 cm³/mol. The van der Waals surface area contributed by atoms with Gasteiger partial charge >= 0.3 is 0 Å². The zero-order valence-electron chi connectivity index (χ0n) is 13.8. The molecule has 0 saturated heterocycles. The van der Waals surface area contributed by atoms with E-state index in [-0.39, 0.29) is 5.91 Å². The van der Waals surface area contributed by atoms with Gasteiger partial charge in [0, 0.05) is 24.5 Å². The highest BCUT2D eigenvalue weighted by atomic mass is 16.1. The van der Waals surface area contributed by atoms with Crippen molar-refractivity contribution in [3.05, 3.63) is 42.4 Å². The first-order chi connectivity index (χ1) is 11.7. The summed E-state index contributed by atoms with van der Waals surface area (Å²) in [4.78, 5) is 12.2. The lowest BCUT2D eigenvalue weighted by molar-refractivity contribution is -0.116. The molecule has 1 N–H and O–H groups in total. The quantitative estimate of drug-likeness (QED) is 0.758. The van der Waals surface area contributed by atoms with E-state index in [2.05, 4.69) is 40.6 Å². The number of hydrogen-bond donors (Lipinski definition) is 1. The molecule has 1 saturated carbocycles. The molecular formula is C18H21N5O. The second kappa shape index (κ2) is 6.11. The average Bonchev–Trinajstić information content (AvgIpc) is 3.11. The fourth-order valence-corrected chi connectivity index (χ4v) is 2.91. The van der Waals surface area contributed by atoms with Crippen LogP contribution < -0.4 is 5.32 Å². The first-order valence-corrected chi connectivity index (χ1v) is 8.42. The number of aromatic nitrogens is 4. The van der Waals surface area contributed by atoms with Gasteiger partial charge in [0.2, 0.25) is 5.91 Å². The molecule has 6 heteroatoms. The first kappa shape index (κ1) is 14.9. The van der Waals surface area contributed by atoms with Crippen LogP contribution in [-0.2, 0) is 17.9 Å². The molecule has 0 unspecified atom stereocenters. The fourth-order valence-electron chi connectivity index (χ4n) is 2.91. The molecule has 1 amide bonds. The zero-order valence-corrected chi connectivity index (χ0v) is 13.8. The summed E-state index contributed by atoms with van der Waals surface area (Å²) in [6, 6.07) is 6.22. The third-order valence-electron chi connectivity index (χ3n) is 4.41. The summed E-state index contributed by atoms with van der Waals surface area (Å²) in [6.45, 7) is 3.58. The van der Waals surface area contributed by atoms with E-state index in [0.717, 1.165) is 29.1 Å². The van der Waals surface area contributed by atoms with E-state index in [4.69, 9.17) is 0 Å². The second-order valence-electron chi connectivity index (χ2n) is 6.62. The molecule has 0 radical (unpaired) electrons. The monoisotopic (exact) mass is 323 g/mol. The van der Waals surface area contributed by atoms with E-state index >= 15 is 0 Å². The van der Waals surface area contributed by atoms with Gasteiger partial charge in [-0.05, 0) is 37.8 Å². The smallest absolute Gasteiger partial charge is 0.226 e. The molecule has 24 heavy (non-hydrogen) atoms. The lowest BCUT2D eigenvalue weighted by Crippen LogP contribution is -2.14. The Morgan fingerprint density at radius 3 is 3.00 bits per heavy atom. The highest BCUT2D eigenvalue weighted by molar-refractivity contribution is 5.90. The third-order valence-corrected chi connectivity index (χ3v) is 4.41. The number of fused-ring (bicyclic) bond motifs is 1. The maximum absolute atomic E-state index is 12.2. The van der Waals surface area contributed by atoms with Crippen molar-refractivity contribution >= 4 is 22.5 Å². The second-order valence-corrected chi connectivity index (χ2v) is 6.62. The minimum Gasteiger partial charge on any atom is -0.323 e. The number of rotatable bonds is 6. The van der Waals surface area contributed by atoms with Crippen LogP contribution in [0.4, 0.5) is 5.69 Å². The first-order valence-electron chi connectivity index (χ1n) is 8.42. The number of aryl methyl sites for hydroxylation is 2. The maximum Gasteiger partial charge on any atom is 0.226 e. The molecule has 0 bridgehead atoms. The Kier molecular flexibility index (Phi) is 3.80. The van der Waals surface area contributed by atoms with E-state index in [1.165, 1.54) is 18.4 Å². The normalized spacial score (nSPS) is 14.2. The van der Waals surface area contributed by atoms with Crippen LogP contribution in [-0.4, -0.2) is 25.5 Å². The standard InChI is InChI=1S/C18H21N5O/c1-13-2-5-17-15(8-13)9-20-23(17)7-6-18(24)21-16-10-19-22(12-16)11-14-3-4-14/h2,5,8-10,12,14H,3-4,6-7,11H2,1H3,(H,21,24). The molecule has 1 aliphatic rings. The zero-order chi connectivity index (χ0) is 16.5. The molecule has 3 aromatic rings. The third kappa shape index (κ3) is 3.32. The van der Waals surface area contributed by atoms with Crippen LogP contribution in [0.2, 0.25) is 0 Å². The minimum absolute atomic E-state index is 0.0169. The summed E-state index contributed by atoms with van der Waals surface area (Å²) in [5.74, 6) is 0.752. The van der Waals surface area contributed by atoms with Gasteiger partial charge in [0.05, 0.1) is 30.1 Å². The summed E-state index contributed by atoms with van der Waals surface area (Å²) in [6.07, 6.45) is 8.44. The highest BCUT2D eigenvalue weighted by Crippen LogP contribution is 2.30. The van der Waals surface area contributed by atoms with Crippen molar-refractivity contribution in [2.45, 2.75) is 39.3 Å². The Bertz CT molecular complexity index is 875. The molecule has 0 atom stereocenters. The number of amides is 1. The predicted octanol–water partition coefficient (Wildman–Crippen LogP) is 2.98. The van der Waals surface area contributed by atoms with E-state index in [1.807, 2.05) is 21.8 Å². The summed E-state index contributed by atoms with van der Waals surface area (Å²) in [7, 11) is 0. The van der Waals surface area contributed by atoms with Crippen LogP contribution in [0.3, 0.4) is 0 Å². The molecule has 1 aromatic carbocycles. The van der Waals surface area contributed by atoms with Crippen molar-refractivity contribution in [2.75, 3.05) is 5.32 Å². The number of anilines is 1. The van der Waals surface area contributed by atoms with E-state index in [9.17, 15) is 4.79 Å². The van der Waals surface area contributed by atoms with Gasteiger partial charge in [0.1, 0.15) is 0 Å². The van der Waals surface area contributed by atoms with Gasteiger partial charge in [-0.2, -0.15) is 10.2 Å². The van der Waals surface area contributed by atoms with Gasteiger partial charge in [0.15, 0.2) is 0 Å². The Hall–Kier alpha value is -2.63. The summed E-state index contributed by atoms with van der Waals surface area (Å²) >= 11 is 0. The molecular weight excluding hydrogens is 302 g/mol. The molecule has 4 rings (SSSR count). The maximum atomic E-state index is 12.2. The summed E-state index contributed by atoms with van der Waals surface area (Å²) in [5.41, 5.74) is 3.04. The molecule has 1 aliphatic carbocycles. The lowest BCUT2D eigenvalue weighted by atomic mass is 10.2. The van der Waals surface area contributed by atoms with Gasteiger partial charge in [-0.3, -0.25) is 14.2 Å². The Morgan fingerprint density at radius 1 is 1.29 bits per heavy atom. The van der Waals surface area contributed by atoms with Crippen LogP contribution in [0.15, 0.2) is 36.8 Å². The largest absolute Gasteiger partial charge is 0.323 e. The van der Waals surface area contributed by atoms with Crippen LogP contribution in [0.5, 0.6) is 0 Å². The number of benzene rings is 1. The van der Waals surface area contributed by atoms with Crippen LogP contribution in [0.1, 0.15) is 24.8 Å². The van der Waals surface area contributed by atoms with Crippen molar-refractivity contribution in [2.24, 2.45) is 5.92 Å². The Balaban J connectivity index is 1.34. The Morgan fingerprint density at radius 2 is 2.17 bits per heavy atom. The molecule has 2 aromatic heterocycles. The molecule has 124 valence electrons. The molecule has 2 heterocycles. The van der Waals surface area contributed by atoms with Gasteiger partial charge in [0.25, 0.3) is 0 Å². The summed E-state index contributed by atoms with van der Waals surface area (Å²) < 4.78 is 3.79. The van der Waals surface area contributed by atoms with Crippen molar-refractivity contribution < 1.29 is 4.79 Å². The number of nitrogens with one attached hydrogen (secondary N) is 1. The SMILES string of the molecule is Cc1ccc2c(cnn2CCC(=O)Nc2cnn(CC3CC3)c2)c1. The average molecular weight is 323 g/mol. The molecule has 6 nitrogen and oxygen atoms in total. The van der Waals surface area contributed by atoms with Crippen LogP contribution >= 0.6 is 0 Å². The van der Waals surface area contributed by atoms with Crippen molar-refractivity contribution in [1.29, 1.82) is 0 Å². The summed E-state index contributed by atoms with van der Waals surface area (Å²) in [5, 5.41) is 12.7. The van der Waals surface area contributed by atoms with Crippen LogP contribution in [0.25, 0.3) is 10.9 Å². The number of hydrogen-bond acceptors (Lipinski definition) is 3. The van der Waals surface area contributed by atoms with E-state index in [0.29, 0.717) is 13.0 Å². The fraction of sp³-hybridized carbons (Fsp3) is 0.389. The minimum atomic E-state index is -0.0169. The topological polar surface area (TPSA) is 64.7 Å². The van der Waals surface area contributed by atoms with E-state index in [1.54, 1.807) is 6.20 Å². The highest BCUT2D eigenvalue weighted by Gasteiger charge is 2.22. The van der Waals surface area contributed by atoms with Gasteiger partial charge in [-0.25, -0.2) is 0 Å². The number of carbonyl (C=O) groups is 1.